The van der Waals surface area contributed by atoms with Crippen molar-refractivity contribution in [2.75, 3.05) is 13.1 Å². The molecule has 0 aromatic rings. The smallest absolute Gasteiger partial charge is 0.239 e. The quantitative estimate of drug-likeness (QED) is 0.635. The SMILES string of the molecule is CC(C)CCC(=O)NCC(=O)NC(CN)C1CCCCC1.Cl. The van der Waals surface area contributed by atoms with Crippen molar-refractivity contribution in [3.8, 4) is 0 Å². The molecule has 1 fully saturated rings. The van der Waals surface area contributed by atoms with Crippen molar-refractivity contribution in [1.29, 1.82) is 0 Å². The maximum Gasteiger partial charge on any atom is 0.239 e. The van der Waals surface area contributed by atoms with E-state index in [9.17, 15) is 9.59 Å². The van der Waals surface area contributed by atoms with Gasteiger partial charge in [-0.25, -0.2) is 0 Å². The van der Waals surface area contributed by atoms with Crippen LogP contribution in [0.3, 0.4) is 0 Å². The minimum Gasteiger partial charge on any atom is -0.350 e. The highest BCUT2D eigenvalue weighted by Gasteiger charge is 2.23. The van der Waals surface area contributed by atoms with E-state index in [1.807, 2.05) is 0 Å². The largest absolute Gasteiger partial charge is 0.350 e. The Morgan fingerprint density at radius 3 is 2.32 bits per heavy atom. The van der Waals surface area contributed by atoms with Crippen LogP contribution in [0.15, 0.2) is 0 Å². The van der Waals surface area contributed by atoms with Gasteiger partial charge in [-0.2, -0.15) is 0 Å². The predicted octanol–water partition coefficient (Wildman–Crippen LogP) is 1.98. The minimum atomic E-state index is -0.131. The van der Waals surface area contributed by atoms with Gasteiger partial charge >= 0.3 is 0 Å². The van der Waals surface area contributed by atoms with Crippen molar-refractivity contribution in [3.63, 3.8) is 0 Å². The zero-order valence-corrected chi connectivity index (χ0v) is 14.7. The van der Waals surface area contributed by atoms with E-state index in [1.54, 1.807) is 0 Å². The highest BCUT2D eigenvalue weighted by Crippen LogP contribution is 2.26. The van der Waals surface area contributed by atoms with E-state index in [0.29, 0.717) is 24.8 Å². The molecule has 1 rings (SSSR count). The Morgan fingerprint density at radius 2 is 1.77 bits per heavy atom. The fourth-order valence-electron chi connectivity index (χ4n) is 2.85. The Hall–Kier alpha value is -0.810. The van der Waals surface area contributed by atoms with Crippen LogP contribution in [0.5, 0.6) is 0 Å². The molecule has 1 unspecified atom stereocenters. The molecule has 0 saturated heterocycles. The zero-order valence-electron chi connectivity index (χ0n) is 13.9. The number of rotatable bonds is 8. The van der Waals surface area contributed by atoms with Crippen molar-refractivity contribution < 1.29 is 9.59 Å². The molecule has 5 nitrogen and oxygen atoms in total. The Morgan fingerprint density at radius 1 is 1.14 bits per heavy atom. The number of carbonyl (C=O) groups is 2. The van der Waals surface area contributed by atoms with Gasteiger partial charge in [-0.3, -0.25) is 9.59 Å². The number of hydrogen-bond acceptors (Lipinski definition) is 3. The van der Waals surface area contributed by atoms with Crippen LogP contribution in [0.1, 0.15) is 58.8 Å². The number of carbonyl (C=O) groups excluding carboxylic acids is 2. The van der Waals surface area contributed by atoms with Crippen LogP contribution >= 0.6 is 12.4 Å². The van der Waals surface area contributed by atoms with Gasteiger partial charge in [0.2, 0.25) is 11.8 Å². The second-order valence-electron chi connectivity index (χ2n) is 6.52. The Labute approximate surface area is 140 Å². The van der Waals surface area contributed by atoms with Gasteiger partial charge in [0.1, 0.15) is 0 Å². The van der Waals surface area contributed by atoms with Gasteiger partial charge in [0.15, 0.2) is 0 Å². The summed E-state index contributed by atoms with van der Waals surface area (Å²) < 4.78 is 0. The number of halogens is 1. The predicted molar refractivity (Wildman–Crippen MR) is 91.9 cm³/mol. The van der Waals surface area contributed by atoms with Crippen LogP contribution in [0.25, 0.3) is 0 Å². The van der Waals surface area contributed by atoms with Gasteiger partial charge in [0, 0.05) is 19.0 Å². The molecule has 4 N–H and O–H groups in total. The highest BCUT2D eigenvalue weighted by molar-refractivity contribution is 5.85. The van der Waals surface area contributed by atoms with E-state index in [2.05, 4.69) is 24.5 Å². The third-order valence-electron chi connectivity index (χ3n) is 4.21. The molecule has 0 heterocycles. The first-order chi connectivity index (χ1) is 10.0. The molecule has 0 aromatic heterocycles. The first-order valence-electron chi connectivity index (χ1n) is 8.29. The molecule has 1 saturated carbocycles. The molecular formula is C16H32ClN3O2. The summed E-state index contributed by atoms with van der Waals surface area (Å²) in [5.74, 6) is 0.802. The summed E-state index contributed by atoms with van der Waals surface area (Å²) in [5, 5.41) is 5.66. The number of nitrogens with two attached hydrogens (primary N) is 1. The summed E-state index contributed by atoms with van der Waals surface area (Å²) in [6.45, 7) is 4.68. The summed E-state index contributed by atoms with van der Waals surface area (Å²) >= 11 is 0. The van der Waals surface area contributed by atoms with Crippen molar-refractivity contribution in [3.05, 3.63) is 0 Å². The fraction of sp³-hybridized carbons (Fsp3) is 0.875. The van der Waals surface area contributed by atoms with Crippen LogP contribution in [0.4, 0.5) is 0 Å². The normalized spacial score (nSPS) is 16.7. The second kappa shape index (κ2) is 11.7. The fourth-order valence-corrected chi connectivity index (χ4v) is 2.85. The molecule has 0 spiro atoms. The average Bonchev–Trinajstić information content (AvgIpc) is 2.49. The molecule has 1 aliphatic rings. The van der Waals surface area contributed by atoms with Crippen LogP contribution in [-0.4, -0.2) is 30.9 Å². The van der Waals surface area contributed by atoms with E-state index < -0.39 is 0 Å². The molecule has 130 valence electrons. The molecular weight excluding hydrogens is 302 g/mol. The molecule has 1 atom stereocenters. The van der Waals surface area contributed by atoms with Gasteiger partial charge in [0.05, 0.1) is 6.54 Å². The first-order valence-corrected chi connectivity index (χ1v) is 8.29. The number of nitrogens with one attached hydrogen (secondary N) is 2. The molecule has 2 amide bonds. The van der Waals surface area contributed by atoms with Crippen molar-refractivity contribution in [2.45, 2.75) is 64.8 Å². The molecule has 0 bridgehead atoms. The first kappa shape index (κ1) is 21.2. The Kier molecular flexibility index (Phi) is 11.3. The molecule has 1 aliphatic carbocycles. The van der Waals surface area contributed by atoms with Crippen LogP contribution < -0.4 is 16.4 Å². The van der Waals surface area contributed by atoms with E-state index >= 15 is 0 Å². The average molecular weight is 334 g/mol. The van der Waals surface area contributed by atoms with Gasteiger partial charge in [0.25, 0.3) is 0 Å². The Balaban J connectivity index is 0.00000441. The van der Waals surface area contributed by atoms with Gasteiger partial charge in [-0.15, -0.1) is 12.4 Å². The summed E-state index contributed by atoms with van der Waals surface area (Å²) in [5.41, 5.74) is 5.79. The van der Waals surface area contributed by atoms with E-state index in [1.165, 1.54) is 19.3 Å². The van der Waals surface area contributed by atoms with Crippen LogP contribution in [0, 0.1) is 11.8 Å². The summed E-state index contributed by atoms with van der Waals surface area (Å²) in [6, 6.07) is 0.0466. The van der Waals surface area contributed by atoms with E-state index in [4.69, 9.17) is 5.73 Å². The maximum atomic E-state index is 11.9. The van der Waals surface area contributed by atoms with E-state index in [-0.39, 0.29) is 36.8 Å². The standard InChI is InChI=1S/C16H31N3O2.ClH/c1-12(2)8-9-15(20)18-11-16(21)19-14(10-17)13-6-4-3-5-7-13;/h12-14H,3-11,17H2,1-2H3,(H,18,20)(H,19,21);1H. The molecule has 6 heteroatoms. The lowest BCUT2D eigenvalue weighted by molar-refractivity contribution is -0.126. The summed E-state index contributed by atoms with van der Waals surface area (Å²) in [7, 11) is 0. The van der Waals surface area contributed by atoms with Crippen molar-refractivity contribution >= 4 is 24.2 Å². The molecule has 22 heavy (non-hydrogen) atoms. The van der Waals surface area contributed by atoms with Gasteiger partial charge in [-0.05, 0) is 31.1 Å². The third kappa shape index (κ3) is 8.59. The molecule has 0 aliphatic heterocycles. The number of hydrogen-bond donors (Lipinski definition) is 3. The third-order valence-corrected chi connectivity index (χ3v) is 4.21. The monoisotopic (exact) mass is 333 g/mol. The lowest BCUT2D eigenvalue weighted by atomic mass is 9.84. The maximum absolute atomic E-state index is 11.9. The van der Waals surface area contributed by atoms with Crippen LogP contribution in [0.2, 0.25) is 0 Å². The highest BCUT2D eigenvalue weighted by atomic mass is 35.5. The minimum absolute atomic E-state index is 0. The lowest BCUT2D eigenvalue weighted by Crippen LogP contribution is -2.49. The van der Waals surface area contributed by atoms with Crippen LogP contribution in [-0.2, 0) is 9.59 Å². The zero-order chi connectivity index (χ0) is 15.7. The summed E-state index contributed by atoms with van der Waals surface area (Å²) in [4.78, 5) is 23.5. The molecule has 0 aromatic carbocycles. The van der Waals surface area contributed by atoms with E-state index in [0.717, 1.165) is 19.3 Å². The Bertz CT molecular complexity index is 331. The summed E-state index contributed by atoms with van der Waals surface area (Å²) in [6.07, 6.45) is 7.35. The second-order valence-corrected chi connectivity index (χ2v) is 6.52. The molecule has 0 radical (unpaired) electrons. The van der Waals surface area contributed by atoms with Crippen molar-refractivity contribution in [1.82, 2.24) is 10.6 Å². The van der Waals surface area contributed by atoms with Gasteiger partial charge in [-0.1, -0.05) is 33.1 Å². The topological polar surface area (TPSA) is 84.2 Å². The van der Waals surface area contributed by atoms with Gasteiger partial charge < -0.3 is 16.4 Å². The van der Waals surface area contributed by atoms with Crippen molar-refractivity contribution in [2.24, 2.45) is 17.6 Å². The number of amides is 2. The lowest BCUT2D eigenvalue weighted by Gasteiger charge is -2.30.